The van der Waals surface area contributed by atoms with Gasteiger partial charge in [-0.2, -0.15) is 0 Å². The standard InChI is InChI=1S/C5H6O5.K/c6-3(5(9)10)1-2-4(7)8;/h1-2H2,(H,7,8)(H,9,10);/q;+1/p-1. The van der Waals surface area contributed by atoms with Crippen LogP contribution in [0.25, 0.3) is 0 Å². The van der Waals surface area contributed by atoms with Gasteiger partial charge in [-0.15, -0.1) is 0 Å². The van der Waals surface area contributed by atoms with E-state index in [9.17, 15) is 19.5 Å². The van der Waals surface area contributed by atoms with Gasteiger partial charge >= 0.3 is 57.4 Å². The first kappa shape index (κ1) is 13.8. The van der Waals surface area contributed by atoms with Gasteiger partial charge in [-0.25, -0.2) is 0 Å². The van der Waals surface area contributed by atoms with Crippen LogP contribution in [0.4, 0.5) is 0 Å². The van der Waals surface area contributed by atoms with E-state index in [1.165, 1.54) is 0 Å². The van der Waals surface area contributed by atoms with Crippen molar-refractivity contribution in [2.75, 3.05) is 0 Å². The number of carbonyl (C=O) groups excluding carboxylic acids is 2. The molecule has 0 saturated heterocycles. The predicted octanol–water partition coefficient (Wildman–Crippen LogP) is -4.83. The zero-order chi connectivity index (χ0) is 8.15. The van der Waals surface area contributed by atoms with E-state index in [2.05, 4.69) is 0 Å². The van der Waals surface area contributed by atoms with Gasteiger partial charge in [0.25, 0.3) is 0 Å². The Morgan fingerprint density at radius 2 is 1.64 bits per heavy atom. The van der Waals surface area contributed by atoms with Gasteiger partial charge in [0.05, 0.1) is 6.42 Å². The molecule has 11 heavy (non-hydrogen) atoms. The number of aliphatic carboxylic acids is 2. The van der Waals surface area contributed by atoms with Crippen molar-refractivity contribution >= 4 is 17.7 Å². The second-order valence-corrected chi connectivity index (χ2v) is 1.60. The van der Waals surface area contributed by atoms with Crippen LogP contribution < -0.4 is 56.5 Å². The number of Topliss-reactive ketones (excluding diaryl/α,β-unsaturated/α-hetero) is 1. The Balaban J connectivity index is 0. The average molecular weight is 184 g/mol. The number of rotatable bonds is 4. The second-order valence-electron chi connectivity index (χ2n) is 1.60. The summed E-state index contributed by atoms with van der Waals surface area (Å²) in [5, 5.41) is 17.6. The fraction of sp³-hybridized carbons (Fsp3) is 0.400. The van der Waals surface area contributed by atoms with Crippen molar-refractivity contribution in [3.63, 3.8) is 0 Å². The third-order valence-electron chi connectivity index (χ3n) is 0.794. The van der Waals surface area contributed by atoms with Crippen LogP contribution >= 0.6 is 0 Å². The molecule has 0 unspecified atom stereocenters. The summed E-state index contributed by atoms with van der Waals surface area (Å²) in [6, 6.07) is 0. The van der Waals surface area contributed by atoms with Crippen molar-refractivity contribution in [1.29, 1.82) is 0 Å². The van der Waals surface area contributed by atoms with Gasteiger partial charge < -0.3 is 15.0 Å². The van der Waals surface area contributed by atoms with Gasteiger partial charge in [0, 0.05) is 6.42 Å². The average Bonchev–Trinajstić information content (AvgIpc) is 1.82. The summed E-state index contributed by atoms with van der Waals surface area (Å²) in [4.78, 5) is 29.5. The Morgan fingerprint density at radius 3 is 1.91 bits per heavy atom. The molecule has 0 atom stereocenters. The fourth-order valence-electron chi connectivity index (χ4n) is 0.323. The number of carboxylic acid groups (broad SMARTS) is 2. The van der Waals surface area contributed by atoms with Crippen LogP contribution in [0.5, 0.6) is 0 Å². The molecule has 0 aliphatic heterocycles. The second kappa shape index (κ2) is 6.93. The number of hydrogen-bond donors (Lipinski definition) is 1. The number of carboxylic acids is 2. The molecule has 0 heterocycles. The molecule has 1 N–H and O–H groups in total. The van der Waals surface area contributed by atoms with Crippen molar-refractivity contribution in [3.05, 3.63) is 0 Å². The van der Waals surface area contributed by atoms with Crippen molar-refractivity contribution in [3.8, 4) is 0 Å². The summed E-state index contributed by atoms with van der Waals surface area (Å²) >= 11 is 0. The molecule has 0 bridgehead atoms. The van der Waals surface area contributed by atoms with Gasteiger partial charge in [-0.3, -0.25) is 9.59 Å². The maximum atomic E-state index is 10.1. The number of carbonyl (C=O) groups is 3. The molecule has 0 radical (unpaired) electrons. The maximum Gasteiger partial charge on any atom is 1.00 e. The molecule has 0 amide bonds. The van der Waals surface area contributed by atoms with Gasteiger partial charge in [0.1, 0.15) is 5.97 Å². The SMILES string of the molecule is O=C(O)CCC(=O)C(=O)[O-].[K+]. The number of ketones is 1. The summed E-state index contributed by atoms with van der Waals surface area (Å²) in [7, 11) is 0. The smallest absolute Gasteiger partial charge is 0.542 e. The van der Waals surface area contributed by atoms with Crippen LogP contribution in [0.1, 0.15) is 12.8 Å². The first-order valence-electron chi connectivity index (χ1n) is 2.50. The quantitative estimate of drug-likeness (QED) is 0.349. The van der Waals surface area contributed by atoms with Crippen molar-refractivity contribution in [2.24, 2.45) is 0 Å². The van der Waals surface area contributed by atoms with Gasteiger partial charge in [0.2, 0.25) is 0 Å². The van der Waals surface area contributed by atoms with E-state index in [0.717, 1.165) is 0 Å². The molecule has 0 spiro atoms. The Labute approximate surface area is 105 Å². The van der Waals surface area contributed by atoms with Crippen molar-refractivity contribution in [1.82, 2.24) is 0 Å². The van der Waals surface area contributed by atoms with E-state index in [4.69, 9.17) is 5.11 Å². The minimum Gasteiger partial charge on any atom is -0.542 e. The van der Waals surface area contributed by atoms with Crippen LogP contribution in [-0.4, -0.2) is 22.8 Å². The molecule has 56 valence electrons. The third-order valence-corrected chi connectivity index (χ3v) is 0.794. The molecule has 0 aromatic heterocycles. The minimum absolute atomic E-state index is 0. The third kappa shape index (κ3) is 8.15. The Morgan fingerprint density at radius 1 is 1.18 bits per heavy atom. The van der Waals surface area contributed by atoms with Gasteiger partial charge in [-0.1, -0.05) is 0 Å². The minimum atomic E-state index is -1.83. The maximum absolute atomic E-state index is 10.1. The van der Waals surface area contributed by atoms with E-state index in [-0.39, 0.29) is 51.4 Å². The molecule has 0 aliphatic rings. The van der Waals surface area contributed by atoms with Gasteiger partial charge in [-0.05, 0) is 0 Å². The zero-order valence-corrected chi connectivity index (χ0v) is 9.12. The fourth-order valence-corrected chi connectivity index (χ4v) is 0.323. The molecule has 0 rings (SSSR count). The van der Waals surface area contributed by atoms with E-state index in [1.807, 2.05) is 0 Å². The van der Waals surface area contributed by atoms with E-state index in [0.29, 0.717) is 0 Å². The van der Waals surface area contributed by atoms with Crippen LogP contribution in [0.3, 0.4) is 0 Å². The van der Waals surface area contributed by atoms with Crippen LogP contribution in [0, 0.1) is 0 Å². The summed E-state index contributed by atoms with van der Waals surface area (Å²) < 4.78 is 0. The Bertz CT molecular complexity index is 176. The van der Waals surface area contributed by atoms with Crippen LogP contribution in [-0.2, 0) is 14.4 Å². The first-order valence-corrected chi connectivity index (χ1v) is 2.50. The monoisotopic (exact) mass is 184 g/mol. The molecule has 0 aliphatic carbocycles. The topological polar surface area (TPSA) is 94.5 Å². The summed E-state index contributed by atoms with van der Waals surface area (Å²) in [6.07, 6.45) is -0.968. The molecular weight excluding hydrogens is 179 g/mol. The van der Waals surface area contributed by atoms with E-state index in [1.54, 1.807) is 0 Å². The van der Waals surface area contributed by atoms with Gasteiger partial charge in [0.15, 0.2) is 5.78 Å². The largest absolute Gasteiger partial charge is 1.00 e. The normalized spacial score (nSPS) is 8.00. The molecule has 0 aromatic rings. The summed E-state index contributed by atoms with van der Waals surface area (Å²) in [5.41, 5.74) is 0. The van der Waals surface area contributed by atoms with E-state index < -0.39 is 30.6 Å². The molecular formula is C5H5KO5. The van der Waals surface area contributed by atoms with Crippen molar-refractivity contribution in [2.45, 2.75) is 12.8 Å². The summed E-state index contributed by atoms with van der Waals surface area (Å²) in [6.45, 7) is 0. The van der Waals surface area contributed by atoms with E-state index >= 15 is 0 Å². The molecule has 6 heteroatoms. The zero-order valence-electron chi connectivity index (χ0n) is 5.99. The summed E-state index contributed by atoms with van der Waals surface area (Å²) in [5.74, 6) is -4.21. The number of hydrogen-bond acceptors (Lipinski definition) is 4. The Kier molecular flexibility index (Phi) is 8.70. The predicted molar refractivity (Wildman–Crippen MR) is 26.9 cm³/mol. The molecule has 5 nitrogen and oxygen atoms in total. The van der Waals surface area contributed by atoms with Crippen molar-refractivity contribution < 1.29 is 76.0 Å². The molecule has 0 aromatic carbocycles. The van der Waals surface area contributed by atoms with Crippen LogP contribution in [0.15, 0.2) is 0 Å². The molecule has 0 saturated carbocycles. The Hall–Kier alpha value is 0.246. The van der Waals surface area contributed by atoms with Crippen LogP contribution in [0.2, 0.25) is 0 Å². The molecule has 0 fully saturated rings. The first-order chi connectivity index (χ1) is 4.54.